The molecule has 2 aliphatic heterocycles. The molecule has 0 aromatic heterocycles. The molecule has 6 nitrogen and oxygen atoms in total. The van der Waals surface area contributed by atoms with Crippen LogP contribution in [-0.2, 0) is 10.0 Å². The molecule has 2 saturated heterocycles. The molecule has 0 bridgehead atoms. The number of hydrogen-bond acceptors (Lipinski definition) is 3. The summed E-state index contributed by atoms with van der Waals surface area (Å²) in [4.78, 5) is 14.4. The van der Waals surface area contributed by atoms with Gasteiger partial charge in [0.05, 0.1) is 24.5 Å². The number of piperidine rings is 1. The molecule has 0 radical (unpaired) electrons. The van der Waals surface area contributed by atoms with E-state index in [0.717, 1.165) is 38.8 Å². The molecule has 1 aromatic carbocycles. The quantitative estimate of drug-likeness (QED) is 0.762. The van der Waals surface area contributed by atoms with Crippen molar-refractivity contribution < 1.29 is 18.1 Å². The van der Waals surface area contributed by atoms with E-state index in [0.29, 0.717) is 18.7 Å². The van der Waals surface area contributed by atoms with Crippen LogP contribution in [-0.4, -0.2) is 57.4 Å². The van der Waals surface area contributed by atoms with Crippen molar-refractivity contribution >= 4 is 15.9 Å². The molecule has 2 fully saturated rings. The first-order valence-electron chi connectivity index (χ1n) is 9.75. The second-order valence-electron chi connectivity index (χ2n) is 7.39. The van der Waals surface area contributed by atoms with E-state index in [-0.39, 0.29) is 16.8 Å². The summed E-state index contributed by atoms with van der Waals surface area (Å²) in [5.41, 5.74) is 0.425. The van der Waals surface area contributed by atoms with Crippen molar-refractivity contribution in [3.05, 3.63) is 29.8 Å². The Morgan fingerprint density at radius 1 is 1.23 bits per heavy atom. The van der Waals surface area contributed by atoms with Crippen molar-refractivity contribution in [3.8, 4) is 0 Å². The van der Waals surface area contributed by atoms with Gasteiger partial charge < -0.3 is 10.2 Å². The highest BCUT2D eigenvalue weighted by Crippen LogP contribution is 2.21. The second-order valence-corrected chi connectivity index (χ2v) is 9.32. The first kappa shape index (κ1) is 19.3. The SMILES string of the molecule is CCC[NH+]1CCC(NC(=O)c2cccc(S(=O)(=O)N3CCCC3)c2)CC1. The predicted molar refractivity (Wildman–Crippen MR) is 101 cm³/mol. The largest absolute Gasteiger partial charge is 0.349 e. The molecule has 144 valence electrons. The van der Waals surface area contributed by atoms with E-state index in [1.54, 1.807) is 23.1 Å². The monoisotopic (exact) mass is 380 g/mol. The smallest absolute Gasteiger partial charge is 0.251 e. The number of carbonyl (C=O) groups excluding carboxylic acids is 1. The summed E-state index contributed by atoms with van der Waals surface area (Å²) in [7, 11) is -3.49. The molecule has 2 heterocycles. The van der Waals surface area contributed by atoms with Gasteiger partial charge in [0.1, 0.15) is 0 Å². The van der Waals surface area contributed by atoms with Crippen molar-refractivity contribution in [3.63, 3.8) is 0 Å². The molecular formula is C19H30N3O3S+. The van der Waals surface area contributed by atoms with Gasteiger partial charge in [0, 0.05) is 37.5 Å². The molecule has 7 heteroatoms. The van der Waals surface area contributed by atoms with Crippen LogP contribution in [0.25, 0.3) is 0 Å². The zero-order valence-corrected chi connectivity index (χ0v) is 16.4. The minimum atomic E-state index is -3.49. The highest BCUT2D eigenvalue weighted by atomic mass is 32.2. The molecule has 3 rings (SSSR count). The average Bonchev–Trinajstić information content (AvgIpc) is 3.19. The zero-order chi connectivity index (χ0) is 18.6. The zero-order valence-electron chi connectivity index (χ0n) is 15.5. The van der Waals surface area contributed by atoms with Gasteiger partial charge in [-0.3, -0.25) is 4.79 Å². The number of rotatable bonds is 6. The molecule has 0 unspecified atom stereocenters. The molecule has 26 heavy (non-hydrogen) atoms. The lowest BCUT2D eigenvalue weighted by Gasteiger charge is -2.29. The number of hydrogen-bond donors (Lipinski definition) is 2. The minimum Gasteiger partial charge on any atom is -0.349 e. The van der Waals surface area contributed by atoms with Gasteiger partial charge in [-0.15, -0.1) is 0 Å². The number of quaternary nitrogens is 1. The van der Waals surface area contributed by atoms with Crippen LogP contribution < -0.4 is 10.2 Å². The molecule has 0 saturated carbocycles. The Hall–Kier alpha value is -1.44. The van der Waals surface area contributed by atoms with Crippen molar-refractivity contribution in [1.29, 1.82) is 0 Å². The summed E-state index contributed by atoms with van der Waals surface area (Å²) < 4.78 is 26.9. The third-order valence-electron chi connectivity index (χ3n) is 5.43. The van der Waals surface area contributed by atoms with Gasteiger partial charge in [0.15, 0.2) is 0 Å². The van der Waals surface area contributed by atoms with Crippen LogP contribution in [0.3, 0.4) is 0 Å². The summed E-state index contributed by atoms with van der Waals surface area (Å²) in [6.45, 7) is 6.69. The molecule has 0 atom stereocenters. The van der Waals surface area contributed by atoms with Crippen LogP contribution in [0.2, 0.25) is 0 Å². The maximum absolute atomic E-state index is 12.7. The van der Waals surface area contributed by atoms with Crippen molar-refractivity contribution in [2.24, 2.45) is 0 Å². The van der Waals surface area contributed by atoms with Crippen molar-refractivity contribution in [1.82, 2.24) is 9.62 Å². The lowest BCUT2D eigenvalue weighted by Crippen LogP contribution is -3.13. The lowest BCUT2D eigenvalue weighted by molar-refractivity contribution is -0.905. The number of carbonyl (C=O) groups is 1. The van der Waals surface area contributed by atoms with Crippen LogP contribution >= 0.6 is 0 Å². The summed E-state index contributed by atoms with van der Waals surface area (Å²) in [6, 6.07) is 6.63. The summed E-state index contributed by atoms with van der Waals surface area (Å²) in [5.74, 6) is -0.174. The first-order valence-corrected chi connectivity index (χ1v) is 11.2. The average molecular weight is 381 g/mol. The highest BCUT2D eigenvalue weighted by molar-refractivity contribution is 7.89. The third-order valence-corrected chi connectivity index (χ3v) is 7.33. The van der Waals surface area contributed by atoms with Crippen molar-refractivity contribution in [2.45, 2.75) is 50.0 Å². The number of nitrogens with one attached hydrogen (secondary N) is 2. The van der Waals surface area contributed by atoms with Gasteiger partial charge >= 0.3 is 0 Å². The Morgan fingerprint density at radius 3 is 2.58 bits per heavy atom. The van der Waals surface area contributed by atoms with Gasteiger partial charge in [0.25, 0.3) is 5.91 Å². The molecule has 1 amide bonds. The maximum atomic E-state index is 12.7. The Morgan fingerprint density at radius 2 is 1.92 bits per heavy atom. The van der Waals surface area contributed by atoms with Gasteiger partial charge in [-0.05, 0) is 37.5 Å². The second kappa shape index (κ2) is 8.50. The summed E-state index contributed by atoms with van der Waals surface area (Å²) >= 11 is 0. The summed E-state index contributed by atoms with van der Waals surface area (Å²) in [6.07, 6.45) is 4.95. The number of amides is 1. The molecular weight excluding hydrogens is 350 g/mol. The Bertz CT molecular complexity index is 721. The van der Waals surface area contributed by atoms with E-state index in [1.807, 2.05) is 0 Å². The number of likely N-dealkylation sites (tertiary alicyclic amines) is 1. The summed E-state index contributed by atoms with van der Waals surface area (Å²) in [5, 5.41) is 3.09. The van der Waals surface area contributed by atoms with E-state index < -0.39 is 10.0 Å². The third kappa shape index (κ3) is 4.45. The van der Waals surface area contributed by atoms with Crippen LogP contribution in [0, 0.1) is 0 Å². The van der Waals surface area contributed by atoms with E-state index in [4.69, 9.17) is 0 Å². The van der Waals surface area contributed by atoms with E-state index in [9.17, 15) is 13.2 Å². The minimum absolute atomic E-state index is 0.174. The lowest BCUT2D eigenvalue weighted by atomic mass is 10.0. The van der Waals surface area contributed by atoms with Gasteiger partial charge in [-0.1, -0.05) is 13.0 Å². The fraction of sp³-hybridized carbons (Fsp3) is 0.632. The molecule has 1 aromatic rings. The Balaban J connectivity index is 1.64. The molecule has 0 aliphatic carbocycles. The predicted octanol–water partition coefficient (Wildman–Crippen LogP) is 0.658. The molecule has 0 spiro atoms. The van der Waals surface area contributed by atoms with E-state index in [2.05, 4.69) is 12.2 Å². The van der Waals surface area contributed by atoms with Crippen LogP contribution in [0.1, 0.15) is 49.4 Å². The fourth-order valence-corrected chi connectivity index (χ4v) is 5.48. The molecule has 2 N–H and O–H groups in total. The van der Waals surface area contributed by atoms with Crippen LogP contribution in [0.4, 0.5) is 0 Å². The Kier molecular flexibility index (Phi) is 6.32. The van der Waals surface area contributed by atoms with Gasteiger partial charge in [-0.2, -0.15) is 4.31 Å². The Labute approximate surface area is 156 Å². The normalized spacial score (nSPS) is 24.5. The first-order chi connectivity index (χ1) is 12.5. The number of nitrogens with zero attached hydrogens (tertiary/aromatic N) is 1. The van der Waals surface area contributed by atoms with Gasteiger partial charge in [0.2, 0.25) is 10.0 Å². The maximum Gasteiger partial charge on any atom is 0.251 e. The van der Waals surface area contributed by atoms with E-state index in [1.165, 1.54) is 23.3 Å². The van der Waals surface area contributed by atoms with Crippen molar-refractivity contribution in [2.75, 3.05) is 32.7 Å². The number of benzene rings is 1. The molecule has 2 aliphatic rings. The van der Waals surface area contributed by atoms with Gasteiger partial charge in [-0.25, -0.2) is 8.42 Å². The van der Waals surface area contributed by atoms with Crippen LogP contribution in [0.5, 0.6) is 0 Å². The highest BCUT2D eigenvalue weighted by Gasteiger charge is 2.28. The topological polar surface area (TPSA) is 70.9 Å². The van der Waals surface area contributed by atoms with E-state index >= 15 is 0 Å². The fourth-order valence-electron chi connectivity index (χ4n) is 3.92. The number of sulfonamides is 1. The standard InChI is InChI=1S/C19H29N3O3S/c1-2-10-21-13-8-17(9-14-21)20-19(23)16-6-5-7-18(15-16)26(24,25)22-11-3-4-12-22/h5-7,15,17H,2-4,8-14H2,1H3,(H,20,23)/p+1. The van der Waals surface area contributed by atoms with Crippen LogP contribution in [0.15, 0.2) is 29.2 Å².